The van der Waals surface area contributed by atoms with Crippen molar-refractivity contribution in [2.45, 2.75) is 37.0 Å². The number of hydrogen-bond acceptors (Lipinski definition) is 3. The van der Waals surface area contributed by atoms with Crippen LogP contribution in [-0.4, -0.2) is 32.4 Å². The first-order valence-electron chi connectivity index (χ1n) is 8.99. The summed E-state index contributed by atoms with van der Waals surface area (Å²) in [5, 5.41) is 0.696. The van der Waals surface area contributed by atoms with Gasteiger partial charge in [-0.3, -0.25) is 0 Å². The minimum absolute atomic E-state index is 0.187. The van der Waals surface area contributed by atoms with Crippen molar-refractivity contribution in [1.29, 1.82) is 0 Å². The molecule has 1 unspecified atom stereocenters. The summed E-state index contributed by atoms with van der Waals surface area (Å²) in [5.74, 6) is 0.869. The average molecular weight is 394 g/mol. The molecule has 4 nitrogen and oxygen atoms in total. The molecule has 26 heavy (non-hydrogen) atoms. The second-order valence-corrected chi connectivity index (χ2v) is 8.89. The topological polar surface area (TPSA) is 46.6 Å². The van der Waals surface area contributed by atoms with Crippen LogP contribution >= 0.6 is 11.6 Å². The maximum absolute atomic E-state index is 13.1. The first-order chi connectivity index (χ1) is 12.5. The summed E-state index contributed by atoms with van der Waals surface area (Å²) in [5.41, 5.74) is 1.14. The van der Waals surface area contributed by atoms with Crippen LogP contribution in [0.2, 0.25) is 5.02 Å². The zero-order valence-electron chi connectivity index (χ0n) is 14.9. The third kappa shape index (κ3) is 4.40. The van der Waals surface area contributed by atoms with Gasteiger partial charge >= 0.3 is 0 Å². The van der Waals surface area contributed by atoms with Crippen LogP contribution in [0.5, 0.6) is 5.75 Å². The second-order valence-electron chi connectivity index (χ2n) is 6.51. The lowest BCUT2D eigenvalue weighted by atomic mass is 9.95. The molecular formula is C20H24ClNO3S. The van der Waals surface area contributed by atoms with Crippen molar-refractivity contribution in [3.05, 3.63) is 59.1 Å². The molecule has 0 saturated carbocycles. The van der Waals surface area contributed by atoms with Gasteiger partial charge in [-0.1, -0.05) is 30.2 Å². The van der Waals surface area contributed by atoms with E-state index in [1.165, 1.54) is 0 Å². The number of sulfonamides is 1. The number of hydrogen-bond donors (Lipinski definition) is 0. The quantitative estimate of drug-likeness (QED) is 0.739. The Bertz CT molecular complexity index is 819. The number of rotatable bonds is 5. The van der Waals surface area contributed by atoms with Crippen LogP contribution in [-0.2, 0) is 10.0 Å². The van der Waals surface area contributed by atoms with Gasteiger partial charge in [-0.25, -0.2) is 8.42 Å². The van der Waals surface area contributed by atoms with Gasteiger partial charge < -0.3 is 4.74 Å². The lowest BCUT2D eigenvalue weighted by Gasteiger charge is -2.24. The van der Waals surface area contributed by atoms with E-state index in [2.05, 4.69) is 0 Å². The van der Waals surface area contributed by atoms with Crippen LogP contribution in [0.3, 0.4) is 0 Å². The van der Waals surface area contributed by atoms with Gasteiger partial charge in [-0.2, -0.15) is 4.31 Å². The van der Waals surface area contributed by atoms with Crippen LogP contribution in [0.4, 0.5) is 0 Å². The van der Waals surface area contributed by atoms with E-state index in [9.17, 15) is 8.42 Å². The van der Waals surface area contributed by atoms with E-state index in [-0.39, 0.29) is 5.92 Å². The molecule has 2 aromatic carbocycles. The van der Waals surface area contributed by atoms with Gasteiger partial charge in [0.1, 0.15) is 5.75 Å². The lowest BCUT2D eigenvalue weighted by molar-refractivity contribution is 0.340. The predicted molar refractivity (Wildman–Crippen MR) is 104 cm³/mol. The van der Waals surface area contributed by atoms with Crippen LogP contribution in [0, 0.1) is 0 Å². The van der Waals surface area contributed by atoms with Gasteiger partial charge in [0.2, 0.25) is 10.0 Å². The first kappa shape index (κ1) is 19.2. The van der Waals surface area contributed by atoms with Crippen LogP contribution in [0.25, 0.3) is 0 Å². The molecule has 3 rings (SSSR count). The molecule has 0 aliphatic carbocycles. The average Bonchev–Trinajstić information content (AvgIpc) is 2.90. The van der Waals surface area contributed by atoms with Crippen LogP contribution in [0.1, 0.15) is 37.7 Å². The van der Waals surface area contributed by atoms with Gasteiger partial charge in [0.25, 0.3) is 0 Å². The smallest absolute Gasteiger partial charge is 0.243 e. The standard InChI is InChI=1S/C20H24ClNO3S/c1-2-25-19-10-12-20(13-11-19)26(23,24)22-14-4-3-5-17(15-22)16-6-8-18(21)9-7-16/h6-13,17H,2-5,14-15H2,1H3. The zero-order valence-corrected chi connectivity index (χ0v) is 16.5. The molecule has 1 aliphatic rings. The highest BCUT2D eigenvalue weighted by Crippen LogP contribution is 2.30. The highest BCUT2D eigenvalue weighted by atomic mass is 35.5. The molecule has 0 aromatic heterocycles. The predicted octanol–water partition coefficient (Wildman–Crippen LogP) is 4.70. The third-order valence-corrected chi connectivity index (χ3v) is 6.88. The number of ether oxygens (including phenoxy) is 1. The first-order valence-corrected chi connectivity index (χ1v) is 10.8. The third-order valence-electron chi connectivity index (χ3n) is 4.75. The molecule has 140 valence electrons. The van der Waals surface area contributed by atoms with Crippen molar-refractivity contribution in [2.24, 2.45) is 0 Å². The molecule has 0 bridgehead atoms. The van der Waals surface area contributed by atoms with Gasteiger partial charge in [-0.15, -0.1) is 0 Å². The van der Waals surface area contributed by atoms with Crippen molar-refractivity contribution >= 4 is 21.6 Å². The van der Waals surface area contributed by atoms with Gasteiger partial charge in [0.15, 0.2) is 0 Å². The summed E-state index contributed by atoms with van der Waals surface area (Å²) in [4.78, 5) is 0.317. The van der Waals surface area contributed by atoms with Crippen LogP contribution < -0.4 is 4.74 Å². The summed E-state index contributed by atoms with van der Waals surface area (Å²) in [7, 11) is -3.51. The summed E-state index contributed by atoms with van der Waals surface area (Å²) in [6.45, 7) is 3.51. The molecule has 0 radical (unpaired) electrons. The van der Waals surface area contributed by atoms with Gasteiger partial charge in [-0.05, 0) is 67.6 Å². The fourth-order valence-corrected chi connectivity index (χ4v) is 5.01. The Kier molecular flexibility index (Phi) is 6.22. The van der Waals surface area contributed by atoms with E-state index < -0.39 is 10.0 Å². The molecule has 1 saturated heterocycles. The summed E-state index contributed by atoms with van der Waals surface area (Å²) >= 11 is 5.98. The number of nitrogens with zero attached hydrogens (tertiary/aromatic N) is 1. The minimum atomic E-state index is -3.51. The Morgan fingerprint density at radius 1 is 1.08 bits per heavy atom. The number of benzene rings is 2. The highest BCUT2D eigenvalue weighted by Gasteiger charge is 2.29. The largest absolute Gasteiger partial charge is 0.494 e. The Morgan fingerprint density at radius 2 is 1.77 bits per heavy atom. The minimum Gasteiger partial charge on any atom is -0.494 e. The van der Waals surface area contributed by atoms with Crippen molar-refractivity contribution in [1.82, 2.24) is 4.31 Å². The second kappa shape index (κ2) is 8.42. The van der Waals surface area contributed by atoms with Crippen molar-refractivity contribution < 1.29 is 13.2 Å². The maximum Gasteiger partial charge on any atom is 0.243 e. The number of halogens is 1. The van der Waals surface area contributed by atoms with Crippen molar-refractivity contribution in [2.75, 3.05) is 19.7 Å². The molecule has 1 heterocycles. The SMILES string of the molecule is CCOc1ccc(S(=O)(=O)N2CCCCC(c3ccc(Cl)cc3)C2)cc1. The van der Waals surface area contributed by atoms with E-state index in [1.807, 2.05) is 31.2 Å². The normalized spacial score (nSPS) is 19.1. The molecule has 1 fully saturated rings. The fourth-order valence-electron chi connectivity index (χ4n) is 3.36. The Labute approximate surface area is 160 Å². The van der Waals surface area contributed by atoms with Crippen LogP contribution in [0.15, 0.2) is 53.4 Å². The molecule has 0 spiro atoms. The summed E-state index contributed by atoms with van der Waals surface area (Å²) < 4.78 is 33.2. The molecule has 1 aliphatic heterocycles. The summed E-state index contributed by atoms with van der Waals surface area (Å²) in [6.07, 6.45) is 2.87. The monoisotopic (exact) mass is 393 g/mol. The van der Waals surface area contributed by atoms with E-state index in [1.54, 1.807) is 28.6 Å². The van der Waals surface area contributed by atoms with Gasteiger partial charge in [0, 0.05) is 18.1 Å². The zero-order chi connectivity index (χ0) is 18.6. The molecule has 6 heteroatoms. The van der Waals surface area contributed by atoms with E-state index in [4.69, 9.17) is 16.3 Å². The van der Waals surface area contributed by atoms with E-state index >= 15 is 0 Å². The molecule has 2 aromatic rings. The van der Waals surface area contributed by atoms with Crippen molar-refractivity contribution in [3.63, 3.8) is 0 Å². The highest BCUT2D eigenvalue weighted by molar-refractivity contribution is 7.89. The Morgan fingerprint density at radius 3 is 2.42 bits per heavy atom. The molecule has 1 atom stereocenters. The maximum atomic E-state index is 13.1. The van der Waals surface area contributed by atoms with E-state index in [0.29, 0.717) is 35.4 Å². The van der Waals surface area contributed by atoms with Crippen molar-refractivity contribution in [3.8, 4) is 5.75 Å². The Hall–Kier alpha value is -1.56. The lowest BCUT2D eigenvalue weighted by Crippen LogP contribution is -2.34. The molecule has 0 amide bonds. The van der Waals surface area contributed by atoms with E-state index in [0.717, 1.165) is 24.8 Å². The Balaban J connectivity index is 1.82. The molecule has 0 N–H and O–H groups in total. The molecular weight excluding hydrogens is 370 g/mol. The fraction of sp³-hybridized carbons (Fsp3) is 0.400. The van der Waals surface area contributed by atoms with Gasteiger partial charge in [0.05, 0.1) is 11.5 Å². The summed E-state index contributed by atoms with van der Waals surface area (Å²) in [6, 6.07) is 14.4.